The standard InChI is InChI=1S/C14H12F2O2/c15-12-6-4-10(5-7-12)9-18-14-11(8-17)2-1-3-13(14)16/h1-7,17H,8-9H2. The first-order valence-corrected chi connectivity index (χ1v) is 5.46. The van der Waals surface area contributed by atoms with Gasteiger partial charge in [0.15, 0.2) is 11.6 Å². The molecule has 0 radical (unpaired) electrons. The van der Waals surface area contributed by atoms with E-state index < -0.39 is 5.82 Å². The quantitative estimate of drug-likeness (QED) is 0.903. The summed E-state index contributed by atoms with van der Waals surface area (Å²) in [5.74, 6) is -0.825. The van der Waals surface area contributed by atoms with Gasteiger partial charge in [0.25, 0.3) is 0 Å². The molecule has 18 heavy (non-hydrogen) atoms. The van der Waals surface area contributed by atoms with Crippen molar-refractivity contribution in [3.63, 3.8) is 0 Å². The molecule has 0 fully saturated rings. The molecule has 0 aliphatic rings. The number of hydrogen-bond donors (Lipinski definition) is 1. The van der Waals surface area contributed by atoms with Crippen molar-refractivity contribution < 1.29 is 18.6 Å². The van der Waals surface area contributed by atoms with Crippen LogP contribution in [-0.4, -0.2) is 5.11 Å². The van der Waals surface area contributed by atoms with Gasteiger partial charge >= 0.3 is 0 Å². The molecular weight excluding hydrogens is 238 g/mol. The molecule has 94 valence electrons. The summed E-state index contributed by atoms with van der Waals surface area (Å²) in [5.41, 5.74) is 1.11. The minimum Gasteiger partial charge on any atom is -0.485 e. The van der Waals surface area contributed by atoms with Crippen LogP contribution in [0.15, 0.2) is 42.5 Å². The second-order valence-corrected chi connectivity index (χ2v) is 3.80. The molecule has 0 spiro atoms. The molecule has 0 bridgehead atoms. The van der Waals surface area contributed by atoms with Gasteiger partial charge in [0.2, 0.25) is 0 Å². The van der Waals surface area contributed by atoms with Gasteiger partial charge in [-0.3, -0.25) is 0 Å². The van der Waals surface area contributed by atoms with Crippen LogP contribution >= 0.6 is 0 Å². The molecular formula is C14H12F2O2. The molecule has 0 aliphatic heterocycles. The van der Waals surface area contributed by atoms with E-state index in [0.29, 0.717) is 5.56 Å². The summed E-state index contributed by atoms with van der Waals surface area (Å²) >= 11 is 0. The van der Waals surface area contributed by atoms with E-state index in [0.717, 1.165) is 5.56 Å². The Labute approximate surface area is 103 Å². The molecule has 4 heteroatoms. The van der Waals surface area contributed by atoms with E-state index in [1.165, 1.54) is 24.3 Å². The molecule has 0 aliphatic carbocycles. The van der Waals surface area contributed by atoms with Crippen LogP contribution < -0.4 is 4.74 Å². The second kappa shape index (κ2) is 5.60. The Balaban J connectivity index is 2.12. The zero-order chi connectivity index (χ0) is 13.0. The van der Waals surface area contributed by atoms with Crippen LogP contribution in [0.1, 0.15) is 11.1 Å². The summed E-state index contributed by atoms with van der Waals surface area (Å²) in [6.45, 7) is -0.176. The minimum atomic E-state index is -0.524. The maximum Gasteiger partial charge on any atom is 0.165 e. The van der Waals surface area contributed by atoms with Gasteiger partial charge in [0.1, 0.15) is 12.4 Å². The SMILES string of the molecule is OCc1cccc(F)c1OCc1ccc(F)cc1. The molecule has 0 saturated carbocycles. The highest BCUT2D eigenvalue weighted by Gasteiger charge is 2.09. The monoisotopic (exact) mass is 250 g/mol. The van der Waals surface area contributed by atoms with Crippen molar-refractivity contribution in [2.45, 2.75) is 13.2 Å². The first-order valence-electron chi connectivity index (χ1n) is 5.46. The first kappa shape index (κ1) is 12.5. The lowest BCUT2D eigenvalue weighted by Crippen LogP contribution is -2.01. The fourth-order valence-electron chi connectivity index (χ4n) is 1.58. The van der Waals surface area contributed by atoms with Gasteiger partial charge < -0.3 is 9.84 Å². The van der Waals surface area contributed by atoms with E-state index >= 15 is 0 Å². The number of para-hydroxylation sites is 1. The zero-order valence-corrected chi connectivity index (χ0v) is 9.57. The normalized spacial score (nSPS) is 10.4. The topological polar surface area (TPSA) is 29.5 Å². The number of aliphatic hydroxyl groups is 1. The fraction of sp³-hybridized carbons (Fsp3) is 0.143. The van der Waals surface area contributed by atoms with E-state index in [1.807, 2.05) is 0 Å². The minimum absolute atomic E-state index is 0.0318. The first-order chi connectivity index (χ1) is 8.70. The van der Waals surface area contributed by atoms with Gasteiger partial charge in [-0.05, 0) is 23.8 Å². The van der Waals surface area contributed by atoms with Crippen LogP contribution in [0.25, 0.3) is 0 Å². The molecule has 0 unspecified atom stereocenters. The molecule has 1 N–H and O–H groups in total. The zero-order valence-electron chi connectivity index (χ0n) is 9.57. The van der Waals surface area contributed by atoms with Crippen molar-refractivity contribution in [2.24, 2.45) is 0 Å². The summed E-state index contributed by atoms with van der Waals surface area (Å²) in [7, 11) is 0. The van der Waals surface area contributed by atoms with Crippen LogP contribution in [0, 0.1) is 11.6 Å². The van der Waals surface area contributed by atoms with Crippen molar-refractivity contribution >= 4 is 0 Å². The van der Waals surface area contributed by atoms with Crippen molar-refractivity contribution in [1.29, 1.82) is 0 Å². The maximum absolute atomic E-state index is 13.5. The Kier molecular flexibility index (Phi) is 3.89. The lowest BCUT2D eigenvalue weighted by Gasteiger charge is -2.11. The van der Waals surface area contributed by atoms with Crippen LogP contribution in [0.4, 0.5) is 8.78 Å². The number of benzene rings is 2. The highest BCUT2D eigenvalue weighted by Crippen LogP contribution is 2.23. The van der Waals surface area contributed by atoms with Gasteiger partial charge in [-0.25, -0.2) is 8.78 Å². The molecule has 0 atom stereocenters. The lowest BCUT2D eigenvalue weighted by atomic mass is 10.2. The van der Waals surface area contributed by atoms with Crippen molar-refractivity contribution in [1.82, 2.24) is 0 Å². The molecule has 2 aromatic carbocycles. The Morgan fingerprint density at radius 2 is 1.72 bits per heavy atom. The largest absolute Gasteiger partial charge is 0.485 e. The van der Waals surface area contributed by atoms with Gasteiger partial charge in [0.05, 0.1) is 6.61 Å². The van der Waals surface area contributed by atoms with Crippen molar-refractivity contribution in [2.75, 3.05) is 0 Å². The highest BCUT2D eigenvalue weighted by molar-refractivity contribution is 5.34. The molecule has 0 aromatic heterocycles. The Hall–Kier alpha value is -1.94. The van der Waals surface area contributed by atoms with Crippen molar-refractivity contribution in [3.05, 3.63) is 65.2 Å². The number of halogens is 2. The number of hydrogen-bond acceptors (Lipinski definition) is 2. The Morgan fingerprint density at radius 1 is 1.00 bits per heavy atom. The van der Waals surface area contributed by atoms with E-state index in [1.54, 1.807) is 18.2 Å². The van der Waals surface area contributed by atoms with Gasteiger partial charge in [0, 0.05) is 5.56 Å². The number of ether oxygens (including phenoxy) is 1. The molecule has 0 amide bonds. The Bertz CT molecular complexity index is 524. The van der Waals surface area contributed by atoms with Crippen LogP contribution in [0.3, 0.4) is 0 Å². The average Bonchev–Trinajstić information content (AvgIpc) is 2.39. The van der Waals surface area contributed by atoms with E-state index in [2.05, 4.69) is 0 Å². The van der Waals surface area contributed by atoms with Crippen LogP contribution in [0.2, 0.25) is 0 Å². The summed E-state index contributed by atoms with van der Waals surface area (Å²) < 4.78 is 31.5. The summed E-state index contributed by atoms with van der Waals surface area (Å²) in [6.07, 6.45) is 0. The highest BCUT2D eigenvalue weighted by atomic mass is 19.1. The van der Waals surface area contributed by atoms with E-state index in [9.17, 15) is 8.78 Å². The van der Waals surface area contributed by atoms with Gasteiger partial charge in [-0.1, -0.05) is 24.3 Å². The molecule has 2 aromatic rings. The lowest BCUT2D eigenvalue weighted by molar-refractivity contribution is 0.251. The predicted molar refractivity (Wildman–Crippen MR) is 63.1 cm³/mol. The van der Waals surface area contributed by atoms with Crippen LogP contribution in [-0.2, 0) is 13.2 Å². The van der Waals surface area contributed by atoms with Crippen LogP contribution in [0.5, 0.6) is 5.75 Å². The van der Waals surface area contributed by atoms with E-state index in [-0.39, 0.29) is 24.8 Å². The summed E-state index contributed by atoms with van der Waals surface area (Å²) in [4.78, 5) is 0. The molecule has 0 heterocycles. The number of aliphatic hydroxyl groups excluding tert-OH is 1. The molecule has 2 nitrogen and oxygen atoms in total. The fourth-order valence-corrected chi connectivity index (χ4v) is 1.58. The van der Waals surface area contributed by atoms with Gasteiger partial charge in [-0.15, -0.1) is 0 Å². The predicted octanol–water partition coefficient (Wildman–Crippen LogP) is 3.04. The third-order valence-corrected chi connectivity index (χ3v) is 2.52. The van der Waals surface area contributed by atoms with Gasteiger partial charge in [-0.2, -0.15) is 0 Å². The molecule has 2 rings (SSSR count). The maximum atomic E-state index is 13.5. The summed E-state index contributed by atoms with van der Waals surface area (Å²) in [6, 6.07) is 10.1. The Morgan fingerprint density at radius 3 is 2.39 bits per heavy atom. The summed E-state index contributed by atoms with van der Waals surface area (Å²) in [5, 5.41) is 9.08. The third-order valence-electron chi connectivity index (χ3n) is 2.52. The van der Waals surface area contributed by atoms with Crippen molar-refractivity contribution in [3.8, 4) is 5.75 Å². The average molecular weight is 250 g/mol. The third kappa shape index (κ3) is 2.84. The molecule has 0 saturated heterocycles. The number of rotatable bonds is 4. The van der Waals surface area contributed by atoms with E-state index in [4.69, 9.17) is 9.84 Å². The second-order valence-electron chi connectivity index (χ2n) is 3.80. The smallest absolute Gasteiger partial charge is 0.165 e.